The van der Waals surface area contributed by atoms with Gasteiger partial charge < -0.3 is 14.4 Å². The standard InChI is InChI=1S/C22H25BrN2O3/c1-27-20-9-8-16(13-17(20)15-28-21-7-3-2-6-19(21)23)22(26)25-12-11-24-10-4-5-18(24)14-25/h2-3,6-9,13,18H,4-5,10-12,14-15H2,1H3. The second-order valence-electron chi connectivity index (χ2n) is 7.33. The molecule has 2 aromatic carbocycles. The highest BCUT2D eigenvalue weighted by Crippen LogP contribution is 2.28. The average molecular weight is 445 g/mol. The van der Waals surface area contributed by atoms with Crippen molar-refractivity contribution in [2.45, 2.75) is 25.5 Å². The number of rotatable bonds is 5. The molecular formula is C22H25BrN2O3. The number of carbonyl (C=O) groups excluding carboxylic acids is 1. The normalized spacial score (nSPS) is 19.4. The van der Waals surface area contributed by atoms with Crippen molar-refractivity contribution < 1.29 is 14.3 Å². The summed E-state index contributed by atoms with van der Waals surface area (Å²) in [5, 5.41) is 0. The van der Waals surface area contributed by atoms with E-state index in [-0.39, 0.29) is 5.91 Å². The van der Waals surface area contributed by atoms with Gasteiger partial charge in [-0.05, 0) is 65.6 Å². The number of methoxy groups -OCH3 is 1. The lowest BCUT2D eigenvalue weighted by molar-refractivity contribution is 0.0571. The number of piperazine rings is 1. The predicted octanol–water partition coefficient (Wildman–Crippen LogP) is 3.96. The van der Waals surface area contributed by atoms with Gasteiger partial charge in [0.1, 0.15) is 18.1 Å². The summed E-state index contributed by atoms with van der Waals surface area (Å²) in [5.41, 5.74) is 1.56. The van der Waals surface area contributed by atoms with Gasteiger partial charge in [-0.25, -0.2) is 0 Å². The molecule has 2 saturated heterocycles. The molecule has 0 N–H and O–H groups in total. The molecule has 2 aliphatic heterocycles. The molecule has 6 heteroatoms. The lowest BCUT2D eigenvalue weighted by Crippen LogP contribution is -2.52. The Morgan fingerprint density at radius 1 is 1.14 bits per heavy atom. The van der Waals surface area contributed by atoms with E-state index in [2.05, 4.69) is 20.8 Å². The minimum atomic E-state index is 0.0938. The third-order valence-corrected chi connectivity index (χ3v) is 6.28. The van der Waals surface area contributed by atoms with Crippen LogP contribution >= 0.6 is 15.9 Å². The quantitative estimate of drug-likeness (QED) is 0.699. The highest BCUT2D eigenvalue weighted by molar-refractivity contribution is 9.10. The number of hydrogen-bond donors (Lipinski definition) is 0. The average Bonchev–Trinajstić information content (AvgIpc) is 3.20. The summed E-state index contributed by atoms with van der Waals surface area (Å²) >= 11 is 3.50. The van der Waals surface area contributed by atoms with E-state index in [1.807, 2.05) is 47.4 Å². The number of amides is 1. The number of ether oxygens (including phenoxy) is 2. The van der Waals surface area contributed by atoms with Crippen molar-refractivity contribution in [1.82, 2.24) is 9.80 Å². The molecule has 2 aliphatic rings. The van der Waals surface area contributed by atoms with Gasteiger partial charge in [-0.15, -0.1) is 0 Å². The Labute approximate surface area is 174 Å². The smallest absolute Gasteiger partial charge is 0.253 e. The lowest BCUT2D eigenvalue weighted by Gasteiger charge is -2.37. The van der Waals surface area contributed by atoms with E-state index in [4.69, 9.17) is 9.47 Å². The van der Waals surface area contributed by atoms with Gasteiger partial charge in [-0.1, -0.05) is 12.1 Å². The first-order chi connectivity index (χ1) is 13.7. The van der Waals surface area contributed by atoms with Crippen LogP contribution in [0.3, 0.4) is 0 Å². The van der Waals surface area contributed by atoms with Crippen LogP contribution in [-0.4, -0.2) is 55.0 Å². The summed E-state index contributed by atoms with van der Waals surface area (Å²) in [5.74, 6) is 1.58. The van der Waals surface area contributed by atoms with Gasteiger partial charge in [-0.2, -0.15) is 0 Å². The number of fused-ring (bicyclic) bond motifs is 1. The molecule has 2 fully saturated rings. The molecule has 0 aromatic heterocycles. The molecule has 0 bridgehead atoms. The van der Waals surface area contributed by atoms with Gasteiger partial charge in [0.15, 0.2) is 0 Å². The van der Waals surface area contributed by atoms with Gasteiger partial charge in [0, 0.05) is 36.8 Å². The fourth-order valence-electron chi connectivity index (χ4n) is 4.10. The topological polar surface area (TPSA) is 42.0 Å². The van der Waals surface area contributed by atoms with Crippen LogP contribution in [0.25, 0.3) is 0 Å². The highest BCUT2D eigenvalue weighted by atomic mass is 79.9. The van der Waals surface area contributed by atoms with E-state index in [1.54, 1.807) is 7.11 Å². The summed E-state index contributed by atoms with van der Waals surface area (Å²) in [4.78, 5) is 17.6. The van der Waals surface area contributed by atoms with Crippen molar-refractivity contribution in [2.24, 2.45) is 0 Å². The first-order valence-electron chi connectivity index (χ1n) is 9.73. The van der Waals surface area contributed by atoms with E-state index in [0.29, 0.717) is 18.2 Å². The molecule has 2 aromatic rings. The highest BCUT2D eigenvalue weighted by Gasteiger charge is 2.32. The third-order valence-electron chi connectivity index (χ3n) is 5.62. The van der Waals surface area contributed by atoms with Crippen LogP contribution < -0.4 is 9.47 Å². The Morgan fingerprint density at radius 2 is 2.00 bits per heavy atom. The molecule has 0 saturated carbocycles. The lowest BCUT2D eigenvalue weighted by atomic mass is 10.1. The van der Waals surface area contributed by atoms with Crippen LogP contribution in [0.15, 0.2) is 46.9 Å². The zero-order valence-electron chi connectivity index (χ0n) is 16.1. The second-order valence-corrected chi connectivity index (χ2v) is 8.18. The Bertz CT molecular complexity index is 857. The van der Waals surface area contributed by atoms with Gasteiger partial charge >= 0.3 is 0 Å². The van der Waals surface area contributed by atoms with E-state index in [9.17, 15) is 4.79 Å². The number of hydrogen-bond acceptors (Lipinski definition) is 4. The molecule has 4 rings (SSSR count). The maximum Gasteiger partial charge on any atom is 0.253 e. The summed E-state index contributed by atoms with van der Waals surface area (Å²) in [6.07, 6.45) is 2.43. The molecule has 148 valence electrons. The van der Waals surface area contributed by atoms with Crippen molar-refractivity contribution in [2.75, 3.05) is 33.3 Å². The first kappa shape index (κ1) is 19.3. The second kappa shape index (κ2) is 8.53. The molecule has 2 heterocycles. The number of carbonyl (C=O) groups is 1. The van der Waals surface area contributed by atoms with E-state index in [0.717, 1.165) is 41.2 Å². The van der Waals surface area contributed by atoms with Crippen molar-refractivity contribution >= 4 is 21.8 Å². The monoisotopic (exact) mass is 444 g/mol. The van der Waals surface area contributed by atoms with E-state index in [1.165, 1.54) is 19.4 Å². The molecule has 5 nitrogen and oxygen atoms in total. The molecular weight excluding hydrogens is 420 g/mol. The summed E-state index contributed by atoms with van der Waals surface area (Å²) in [6.45, 7) is 4.11. The molecule has 0 aliphatic carbocycles. The molecule has 28 heavy (non-hydrogen) atoms. The van der Waals surface area contributed by atoms with Crippen molar-refractivity contribution in [1.29, 1.82) is 0 Å². The van der Waals surface area contributed by atoms with Crippen molar-refractivity contribution in [3.8, 4) is 11.5 Å². The van der Waals surface area contributed by atoms with E-state index < -0.39 is 0 Å². The zero-order valence-corrected chi connectivity index (χ0v) is 17.7. The maximum absolute atomic E-state index is 13.1. The number of para-hydroxylation sites is 1. The van der Waals surface area contributed by atoms with Crippen LogP contribution in [0.5, 0.6) is 11.5 Å². The minimum absolute atomic E-state index is 0.0938. The first-order valence-corrected chi connectivity index (χ1v) is 10.5. The molecule has 1 unspecified atom stereocenters. The van der Waals surface area contributed by atoms with Gasteiger partial charge in [0.25, 0.3) is 5.91 Å². The third kappa shape index (κ3) is 4.03. The van der Waals surface area contributed by atoms with E-state index >= 15 is 0 Å². The molecule has 1 atom stereocenters. The van der Waals surface area contributed by atoms with Crippen LogP contribution in [-0.2, 0) is 6.61 Å². The van der Waals surface area contributed by atoms with Crippen molar-refractivity contribution in [3.63, 3.8) is 0 Å². The number of halogens is 1. The Balaban J connectivity index is 1.49. The number of benzene rings is 2. The molecule has 1 amide bonds. The van der Waals surface area contributed by atoms with Crippen LogP contribution in [0.1, 0.15) is 28.8 Å². The maximum atomic E-state index is 13.1. The largest absolute Gasteiger partial charge is 0.496 e. The van der Waals surface area contributed by atoms with Crippen LogP contribution in [0, 0.1) is 0 Å². The van der Waals surface area contributed by atoms with Gasteiger partial charge in [0.2, 0.25) is 0 Å². The Morgan fingerprint density at radius 3 is 2.82 bits per heavy atom. The SMILES string of the molecule is COc1ccc(C(=O)N2CCN3CCCC3C2)cc1COc1ccccc1Br. The Kier molecular flexibility index (Phi) is 5.87. The fourth-order valence-corrected chi connectivity index (χ4v) is 4.50. The van der Waals surface area contributed by atoms with Gasteiger partial charge in [0.05, 0.1) is 11.6 Å². The summed E-state index contributed by atoms with van der Waals surface area (Å²) in [6, 6.07) is 13.9. The fraction of sp³-hybridized carbons (Fsp3) is 0.409. The summed E-state index contributed by atoms with van der Waals surface area (Å²) < 4.78 is 12.3. The summed E-state index contributed by atoms with van der Waals surface area (Å²) in [7, 11) is 1.64. The zero-order chi connectivity index (χ0) is 19.5. The minimum Gasteiger partial charge on any atom is -0.496 e. The van der Waals surface area contributed by atoms with Crippen LogP contribution in [0.2, 0.25) is 0 Å². The number of nitrogens with zero attached hydrogens (tertiary/aromatic N) is 2. The van der Waals surface area contributed by atoms with Crippen LogP contribution in [0.4, 0.5) is 0 Å². The van der Waals surface area contributed by atoms with Gasteiger partial charge in [-0.3, -0.25) is 9.69 Å². The predicted molar refractivity (Wildman–Crippen MR) is 112 cm³/mol. The van der Waals surface area contributed by atoms with Crippen molar-refractivity contribution in [3.05, 3.63) is 58.1 Å². The molecule has 0 radical (unpaired) electrons. The molecule has 0 spiro atoms. The Hall–Kier alpha value is -2.05.